The maximum absolute atomic E-state index is 12.6. The molecule has 104 valence electrons. The number of likely N-dealkylation sites (tertiary alicyclic amines) is 1. The monoisotopic (exact) mass is 265 g/mol. The van der Waals surface area contributed by atoms with Crippen LogP contribution in [-0.2, 0) is 4.79 Å². The van der Waals surface area contributed by atoms with Crippen molar-refractivity contribution in [2.24, 2.45) is 17.8 Å². The van der Waals surface area contributed by atoms with Crippen LogP contribution >= 0.6 is 0 Å². The fraction of sp³-hybridized carbons (Fsp3) is 0.917. The summed E-state index contributed by atoms with van der Waals surface area (Å²) in [5, 5.41) is 8.86. The predicted molar refractivity (Wildman–Crippen MR) is 58.7 cm³/mol. The summed E-state index contributed by atoms with van der Waals surface area (Å²) < 4.78 is 37.9. The summed E-state index contributed by atoms with van der Waals surface area (Å²) in [6.07, 6.45) is -3.07. The van der Waals surface area contributed by atoms with E-state index in [9.17, 15) is 18.0 Å². The molecule has 18 heavy (non-hydrogen) atoms. The number of aliphatic hydroxyl groups is 1. The molecule has 2 atom stereocenters. The van der Waals surface area contributed by atoms with Crippen LogP contribution in [0.2, 0.25) is 0 Å². The van der Waals surface area contributed by atoms with Crippen molar-refractivity contribution in [3.8, 4) is 0 Å². The van der Waals surface area contributed by atoms with E-state index >= 15 is 0 Å². The van der Waals surface area contributed by atoms with Gasteiger partial charge in [-0.2, -0.15) is 13.2 Å². The minimum atomic E-state index is -4.18. The van der Waals surface area contributed by atoms with Gasteiger partial charge in [0.05, 0.1) is 5.92 Å². The van der Waals surface area contributed by atoms with Gasteiger partial charge in [-0.1, -0.05) is 6.42 Å². The summed E-state index contributed by atoms with van der Waals surface area (Å²) in [5.41, 5.74) is 0. The largest absolute Gasteiger partial charge is 0.396 e. The summed E-state index contributed by atoms with van der Waals surface area (Å²) in [6.45, 7) is 1.02. The Balaban J connectivity index is 1.87. The minimum absolute atomic E-state index is 0.0413. The van der Waals surface area contributed by atoms with Crippen LogP contribution < -0.4 is 0 Å². The van der Waals surface area contributed by atoms with Crippen molar-refractivity contribution in [1.29, 1.82) is 0 Å². The zero-order valence-corrected chi connectivity index (χ0v) is 10.1. The van der Waals surface area contributed by atoms with Gasteiger partial charge < -0.3 is 10.0 Å². The van der Waals surface area contributed by atoms with Gasteiger partial charge in [-0.15, -0.1) is 0 Å². The van der Waals surface area contributed by atoms with Crippen molar-refractivity contribution in [1.82, 2.24) is 4.90 Å². The van der Waals surface area contributed by atoms with E-state index in [1.54, 1.807) is 4.90 Å². The molecule has 6 heteroatoms. The van der Waals surface area contributed by atoms with Crippen LogP contribution in [-0.4, -0.2) is 41.8 Å². The van der Waals surface area contributed by atoms with Gasteiger partial charge >= 0.3 is 6.18 Å². The van der Waals surface area contributed by atoms with Gasteiger partial charge in [0.2, 0.25) is 5.91 Å². The Kier molecular flexibility index (Phi) is 3.84. The molecule has 1 saturated carbocycles. The molecule has 0 aromatic rings. The highest BCUT2D eigenvalue weighted by Gasteiger charge is 2.45. The molecule has 0 radical (unpaired) electrons. The quantitative estimate of drug-likeness (QED) is 0.827. The highest BCUT2D eigenvalue weighted by atomic mass is 19.4. The number of nitrogens with zero attached hydrogens (tertiary/aromatic N) is 1. The second-order valence-electron chi connectivity index (χ2n) is 5.39. The molecule has 1 aliphatic heterocycles. The number of hydrogen-bond donors (Lipinski definition) is 1. The Morgan fingerprint density at radius 3 is 2.50 bits per heavy atom. The lowest BCUT2D eigenvalue weighted by Crippen LogP contribution is -2.54. The van der Waals surface area contributed by atoms with Crippen molar-refractivity contribution in [2.45, 2.75) is 31.9 Å². The number of rotatable bonds is 2. The topological polar surface area (TPSA) is 40.5 Å². The molecule has 0 aromatic carbocycles. The fourth-order valence-electron chi connectivity index (χ4n) is 2.83. The molecule has 2 unspecified atom stereocenters. The van der Waals surface area contributed by atoms with Gasteiger partial charge in [-0.3, -0.25) is 4.79 Å². The number of aliphatic hydroxyl groups excluding tert-OH is 1. The third kappa shape index (κ3) is 2.79. The van der Waals surface area contributed by atoms with Gasteiger partial charge in [-0.05, 0) is 19.3 Å². The molecule has 1 heterocycles. The van der Waals surface area contributed by atoms with Gasteiger partial charge in [0.25, 0.3) is 0 Å². The first-order chi connectivity index (χ1) is 8.41. The van der Waals surface area contributed by atoms with E-state index < -0.39 is 18.0 Å². The van der Waals surface area contributed by atoms with Crippen molar-refractivity contribution in [3.05, 3.63) is 0 Å². The van der Waals surface area contributed by atoms with Crippen LogP contribution in [0.5, 0.6) is 0 Å². The van der Waals surface area contributed by atoms with Crippen LogP contribution in [0.1, 0.15) is 25.7 Å². The number of carbonyl (C=O) groups is 1. The third-order valence-electron chi connectivity index (χ3n) is 4.01. The number of alkyl halides is 3. The normalized spacial score (nSPS) is 30.1. The van der Waals surface area contributed by atoms with Crippen LogP contribution in [0.3, 0.4) is 0 Å². The number of hydrogen-bond acceptors (Lipinski definition) is 2. The Morgan fingerprint density at radius 1 is 1.28 bits per heavy atom. The average molecular weight is 265 g/mol. The fourth-order valence-corrected chi connectivity index (χ4v) is 2.83. The van der Waals surface area contributed by atoms with Crippen LogP contribution in [0.4, 0.5) is 13.2 Å². The zero-order valence-electron chi connectivity index (χ0n) is 10.1. The standard InChI is InChI=1S/C12H18F3NO2/c13-12(14,15)10-3-1-2-9(4-10)11(18)16-5-8(6-16)7-17/h8-10,17H,1-7H2. The Labute approximate surface area is 104 Å². The first kappa shape index (κ1) is 13.6. The molecule has 1 N–H and O–H groups in total. The molecule has 2 fully saturated rings. The van der Waals surface area contributed by atoms with Crippen molar-refractivity contribution < 1.29 is 23.1 Å². The molecule has 1 aliphatic carbocycles. The van der Waals surface area contributed by atoms with Gasteiger partial charge in [0.15, 0.2) is 0 Å². The highest BCUT2D eigenvalue weighted by molar-refractivity contribution is 5.79. The Bertz CT molecular complexity index is 313. The molecule has 3 nitrogen and oxygen atoms in total. The Morgan fingerprint density at radius 2 is 1.94 bits per heavy atom. The van der Waals surface area contributed by atoms with Crippen molar-refractivity contribution in [3.63, 3.8) is 0 Å². The number of amides is 1. The van der Waals surface area contributed by atoms with Gasteiger partial charge in [0, 0.05) is 31.5 Å². The lowest BCUT2D eigenvalue weighted by Gasteiger charge is -2.41. The van der Waals surface area contributed by atoms with Crippen LogP contribution in [0.25, 0.3) is 0 Å². The number of halogens is 3. The summed E-state index contributed by atoms with van der Waals surface area (Å²) >= 11 is 0. The summed E-state index contributed by atoms with van der Waals surface area (Å²) in [7, 11) is 0. The van der Waals surface area contributed by atoms with E-state index in [1.165, 1.54) is 0 Å². The number of carbonyl (C=O) groups excluding carboxylic acids is 1. The van der Waals surface area contributed by atoms with Crippen LogP contribution in [0.15, 0.2) is 0 Å². The van der Waals surface area contributed by atoms with Crippen molar-refractivity contribution >= 4 is 5.91 Å². The SMILES string of the molecule is O=C(C1CCCC(C(F)(F)F)C1)N1CC(CO)C1. The summed E-state index contributed by atoms with van der Waals surface area (Å²) in [5.74, 6) is -1.86. The van der Waals surface area contributed by atoms with E-state index in [-0.39, 0.29) is 31.3 Å². The van der Waals surface area contributed by atoms with Gasteiger partial charge in [0.1, 0.15) is 0 Å². The zero-order chi connectivity index (χ0) is 13.3. The highest BCUT2D eigenvalue weighted by Crippen LogP contribution is 2.40. The van der Waals surface area contributed by atoms with Crippen molar-refractivity contribution in [2.75, 3.05) is 19.7 Å². The summed E-state index contributed by atoms with van der Waals surface area (Å²) in [4.78, 5) is 13.6. The van der Waals surface area contributed by atoms with E-state index in [4.69, 9.17) is 5.11 Å². The maximum atomic E-state index is 12.6. The molecule has 0 bridgehead atoms. The molecular formula is C12H18F3NO2. The summed E-state index contributed by atoms with van der Waals surface area (Å²) in [6, 6.07) is 0. The first-order valence-corrected chi connectivity index (χ1v) is 6.38. The maximum Gasteiger partial charge on any atom is 0.391 e. The van der Waals surface area contributed by atoms with Gasteiger partial charge in [-0.25, -0.2) is 0 Å². The molecule has 0 aromatic heterocycles. The smallest absolute Gasteiger partial charge is 0.391 e. The second-order valence-corrected chi connectivity index (χ2v) is 5.39. The van der Waals surface area contributed by atoms with Crippen LogP contribution in [0, 0.1) is 17.8 Å². The predicted octanol–water partition coefficient (Wildman–Crippen LogP) is 1.81. The Hall–Kier alpha value is -0.780. The molecule has 0 spiro atoms. The molecule has 2 aliphatic rings. The lowest BCUT2D eigenvalue weighted by molar-refractivity contribution is -0.188. The molecular weight excluding hydrogens is 247 g/mol. The average Bonchev–Trinajstić information content (AvgIpc) is 2.26. The van der Waals surface area contributed by atoms with E-state index in [1.807, 2.05) is 0 Å². The van der Waals surface area contributed by atoms with E-state index in [0.29, 0.717) is 25.9 Å². The van der Waals surface area contributed by atoms with E-state index in [2.05, 4.69) is 0 Å². The second kappa shape index (κ2) is 5.07. The molecule has 2 rings (SSSR count). The first-order valence-electron chi connectivity index (χ1n) is 6.38. The molecule has 1 saturated heterocycles. The van der Waals surface area contributed by atoms with E-state index in [0.717, 1.165) is 0 Å². The lowest BCUT2D eigenvalue weighted by atomic mass is 9.79. The third-order valence-corrected chi connectivity index (χ3v) is 4.01. The molecule has 1 amide bonds. The minimum Gasteiger partial charge on any atom is -0.396 e.